The number of nitrogens with one attached hydrogen (secondary N) is 1. The van der Waals surface area contributed by atoms with E-state index in [1.54, 1.807) is 7.11 Å². The highest BCUT2D eigenvalue weighted by molar-refractivity contribution is 5.86. The lowest BCUT2D eigenvalue weighted by atomic mass is 9.89. The third-order valence-electron chi connectivity index (χ3n) is 4.71. The van der Waals surface area contributed by atoms with Crippen molar-refractivity contribution >= 4 is 11.5 Å². The average Bonchev–Trinajstić information content (AvgIpc) is 2.64. The molecule has 0 aromatic heterocycles. The zero-order valence-corrected chi connectivity index (χ0v) is 16.6. The van der Waals surface area contributed by atoms with Crippen LogP contribution in [-0.2, 0) is 4.74 Å². The van der Waals surface area contributed by atoms with Gasteiger partial charge in [-0.25, -0.2) is 4.99 Å². The molecule has 5 heteroatoms. The highest BCUT2D eigenvalue weighted by Gasteiger charge is 2.21. The van der Waals surface area contributed by atoms with Gasteiger partial charge in [-0.1, -0.05) is 18.6 Å². The van der Waals surface area contributed by atoms with Crippen LogP contribution >= 0.6 is 0 Å². The summed E-state index contributed by atoms with van der Waals surface area (Å²) < 4.78 is 11.0. The van der Waals surface area contributed by atoms with Gasteiger partial charge in [0.05, 0.1) is 24.1 Å². The summed E-state index contributed by atoms with van der Waals surface area (Å²) in [6.45, 7) is 10.8. The van der Waals surface area contributed by atoms with Gasteiger partial charge in [0.25, 0.3) is 0 Å². The molecule has 0 saturated carbocycles. The van der Waals surface area contributed by atoms with Gasteiger partial charge < -0.3 is 19.9 Å². The summed E-state index contributed by atoms with van der Waals surface area (Å²) in [4.78, 5) is 4.81. The molecule has 2 rings (SSSR count). The first-order chi connectivity index (χ1) is 12.9. The molecule has 1 heterocycles. The van der Waals surface area contributed by atoms with Crippen molar-refractivity contribution in [3.8, 4) is 18.1 Å². The lowest BCUT2D eigenvalue weighted by molar-refractivity contribution is 0.0854. The van der Waals surface area contributed by atoms with E-state index in [-0.39, 0.29) is 5.76 Å². The third kappa shape index (κ3) is 4.93. The number of nitrogens with zero attached hydrogens (tertiary/aromatic N) is 1. The van der Waals surface area contributed by atoms with Gasteiger partial charge in [0.15, 0.2) is 0 Å². The highest BCUT2D eigenvalue weighted by atomic mass is 16.5. The van der Waals surface area contributed by atoms with Gasteiger partial charge in [0, 0.05) is 18.8 Å². The number of hydrogen-bond acceptors (Lipinski definition) is 4. The van der Waals surface area contributed by atoms with Crippen LogP contribution < -0.4 is 10.1 Å². The van der Waals surface area contributed by atoms with Gasteiger partial charge in [-0.3, -0.25) is 0 Å². The van der Waals surface area contributed by atoms with Gasteiger partial charge in [0.1, 0.15) is 17.3 Å². The van der Waals surface area contributed by atoms with Crippen LogP contribution in [0, 0.1) is 19.3 Å². The van der Waals surface area contributed by atoms with E-state index >= 15 is 0 Å². The van der Waals surface area contributed by atoms with Crippen LogP contribution in [0.4, 0.5) is 5.69 Å². The number of rotatable bonds is 5. The molecule has 0 amide bonds. The van der Waals surface area contributed by atoms with Gasteiger partial charge >= 0.3 is 0 Å². The standard InChI is InChI=1S/C22H28N2O3/c1-7-19(16(4)25)15(3)23-17(5)24-22-14(2)21(26-6)9-8-20(22)18-10-12-27-13-11-18/h1,8-9,18,25H,3,10-13H2,2,4-6H3,(H,23,24)/b19-16+. The first kappa shape index (κ1) is 20.6. The van der Waals surface area contributed by atoms with Crippen molar-refractivity contribution in [2.75, 3.05) is 20.3 Å². The topological polar surface area (TPSA) is 63.1 Å². The predicted molar refractivity (Wildman–Crippen MR) is 110 cm³/mol. The molecule has 5 nitrogen and oxygen atoms in total. The van der Waals surface area contributed by atoms with Gasteiger partial charge in [-0.2, -0.15) is 0 Å². The van der Waals surface area contributed by atoms with Gasteiger partial charge in [0.2, 0.25) is 0 Å². The third-order valence-corrected chi connectivity index (χ3v) is 4.71. The summed E-state index contributed by atoms with van der Waals surface area (Å²) in [5, 5.41) is 12.8. The van der Waals surface area contributed by atoms with Crippen molar-refractivity contribution in [1.29, 1.82) is 0 Å². The molecule has 1 aromatic rings. The fraction of sp³-hybridized carbons (Fsp3) is 0.409. The van der Waals surface area contributed by atoms with E-state index in [0.717, 1.165) is 43.1 Å². The monoisotopic (exact) mass is 368 g/mol. The van der Waals surface area contributed by atoms with Crippen molar-refractivity contribution in [1.82, 2.24) is 5.32 Å². The van der Waals surface area contributed by atoms with Crippen molar-refractivity contribution < 1.29 is 14.6 Å². The van der Waals surface area contributed by atoms with Crippen LogP contribution in [-0.4, -0.2) is 31.3 Å². The smallest absolute Gasteiger partial charge is 0.123 e. The number of methoxy groups -OCH3 is 1. The first-order valence-corrected chi connectivity index (χ1v) is 9.02. The van der Waals surface area contributed by atoms with Crippen LogP contribution in [0.15, 0.2) is 40.7 Å². The highest BCUT2D eigenvalue weighted by Crippen LogP contribution is 2.39. The van der Waals surface area contributed by atoms with E-state index in [9.17, 15) is 5.11 Å². The second kappa shape index (κ2) is 9.29. The van der Waals surface area contributed by atoms with Crippen molar-refractivity contribution in [2.24, 2.45) is 4.99 Å². The zero-order valence-electron chi connectivity index (χ0n) is 16.6. The Hall–Kier alpha value is -2.71. The molecule has 0 radical (unpaired) electrons. The minimum Gasteiger partial charge on any atom is -0.511 e. The van der Waals surface area contributed by atoms with E-state index < -0.39 is 0 Å². The quantitative estimate of drug-likeness (QED) is 0.264. The molecule has 144 valence electrons. The Balaban J connectivity index is 2.40. The molecule has 1 aromatic carbocycles. The van der Waals surface area contributed by atoms with Crippen LogP contribution in [0.2, 0.25) is 0 Å². The van der Waals surface area contributed by atoms with Gasteiger partial charge in [-0.05, 0) is 51.2 Å². The van der Waals surface area contributed by atoms with E-state index in [0.29, 0.717) is 23.0 Å². The molecule has 27 heavy (non-hydrogen) atoms. The van der Waals surface area contributed by atoms with E-state index in [1.807, 2.05) is 19.9 Å². The summed E-state index contributed by atoms with van der Waals surface area (Å²) in [5.74, 6) is 4.32. The van der Waals surface area contributed by atoms with Crippen LogP contribution in [0.1, 0.15) is 43.7 Å². The molecule has 0 atom stereocenters. The molecule has 2 N–H and O–H groups in total. The molecule has 1 fully saturated rings. The van der Waals surface area contributed by atoms with Crippen LogP contribution in [0.3, 0.4) is 0 Å². The van der Waals surface area contributed by atoms with E-state index in [4.69, 9.17) is 20.9 Å². The molecule has 1 aliphatic rings. The summed E-state index contributed by atoms with van der Waals surface area (Å²) in [7, 11) is 1.66. The molecule has 0 bridgehead atoms. The number of ether oxygens (including phenoxy) is 2. The second-order valence-corrected chi connectivity index (χ2v) is 6.62. The Morgan fingerprint density at radius 2 is 2.04 bits per heavy atom. The number of aliphatic imine (C=N–C) groups is 1. The van der Waals surface area contributed by atoms with Crippen molar-refractivity contribution in [2.45, 2.75) is 39.5 Å². The minimum atomic E-state index is 0.0447. The maximum absolute atomic E-state index is 9.68. The lowest BCUT2D eigenvalue weighted by Crippen LogP contribution is -2.21. The Labute approximate surface area is 161 Å². The Bertz CT molecular complexity index is 806. The molecular weight excluding hydrogens is 340 g/mol. The summed E-state index contributed by atoms with van der Waals surface area (Å²) in [5.41, 5.74) is 3.84. The Kier molecular flexibility index (Phi) is 7.09. The number of amidine groups is 1. The molecule has 0 spiro atoms. The minimum absolute atomic E-state index is 0.0447. The number of hydrogen-bond donors (Lipinski definition) is 2. The zero-order chi connectivity index (χ0) is 20.0. The number of benzene rings is 1. The molecule has 0 unspecified atom stereocenters. The van der Waals surface area contributed by atoms with Crippen LogP contribution in [0.25, 0.3) is 0 Å². The largest absolute Gasteiger partial charge is 0.511 e. The lowest BCUT2D eigenvalue weighted by Gasteiger charge is -2.25. The molecule has 0 aliphatic carbocycles. The van der Waals surface area contributed by atoms with Crippen LogP contribution in [0.5, 0.6) is 5.75 Å². The SMILES string of the molecule is C#C/C(C(=C)N/C(C)=N/c1c(C2CCOCC2)ccc(OC)c1C)=C(/C)O. The number of allylic oxidation sites excluding steroid dienone is 2. The maximum atomic E-state index is 9.68. The fourth-order valence-corrected chi connectivity index (χ4v) is 3.30. The maximum Gasteiger partial charge on any atom is 0.123 e. The molecular formula is C22H28N2O3. The fourth-order valence-electron chi connectivity index (χ4n) is 3.30. The average molecular weight is 368 g/mol. The van der Waals surface area contributed by atoms with E-state index in [2.05, 4.69) is 23.9 Å². The number of aliphatic hydroxyl groups excluding tert-OH is 1. The summed E-state index contributed by atoms with van der Waals surface area (Å²) in [6, 6.07) is 4.09. The first-order valence-electron chi connectivity index (χ1n) is 9.02. The number of aliphatic hydroxyl groups is 1. The Morgan fingerprint density at radius 3 is 2.59 bits per heavy atom. The van der Waals surface area contributed by atoms with E-state index in [1.165, 1.54) is 12.5 Å². The number of terminal acetylenes is 1. The predicted octanol–water partition coefficient (Wildman–Crippen LogP) is 4.52. The summed E-state index contributed by atoms with van der Waals surface area (Å²) >= 11 is 0. The van der Waals surface area contributed by atoms with Crippen molar-refractivity contribution in [3.63, 3.8) is 0 Å². The van der Waals surface area contributed by atoms with Crippen molar-refractivity contribution in [3.05, 3.63) is 46.9 Å². The second-order valence-electron chi connectivity index (χ2n) is 6.62. The summed E-state index contributed by atoms with van der Waals surface area (Å²) in [6.07, 6.45) is 7.40. The molecule has 1 saturated heterocycles. The molecule has 1 aliphatic heterocycles. The Morgan fingerprint density at radius 1 is 1.37 bits per heavy atom. The normalized spacial score (nSPS) is 16.3. The van der Waals surface area contributed by atoms with Gasteiger partial charge in [-0.15, -0.1) is 6.42 Å².